The van der Waals surface area contributed by atoms with Gasteiger partial charge in [-0.2, -0.15) is 13.2 Å². The lowest BCUT2D eigenvalue weighted by atomic mass is 10.1. The number of carbonyl (C=O) groups excluding carboxylic acids is 1. The molecule has 0 amide bonds. The Balaban J connectivity index is 2.46. The Morgan fingerprint density at radius 2 is 1.71 bits per heavy atom. The molecule has 0 radical (unpaired) electrons. The van der Waals surface area contributed by atoms with Crippen molar-refractivity contribution in [1.82, 2.24) is 0 Å². The molecule has 0 saturated heterocycles. The number of alkyl halides is 3. The minimum absolute atomic E-state index is 0.138. The Bertz CT molecular complexity index is 303. The summed E-state index contributed by atoms with van der Waals surface area (Å²) in [5.74, 6) is -1.67. The van der Waals surface area contributed by atoms with E-state index in [0.29, 0.717) is 0 Å². The van der Waals surface area contributed by atoms with Gasteiger partial charge in [-0.1, -0.05) is 30.3 Å². The van der Waals surface area contributed by atoms with Crippen LogP contribution in [0.25, 0.3) is 0 Å². The van der Waals surface area contributed by atoms with Crippen LogP contribution in [-0.4, -0.2) is 12.0 Å². The molecule has 1 nitrogen and oxygen atoms in total. The summed E-state index contributed by atoms with van der Waals surface area (Å²) in [6, 6.07) is 8.63. The molecule has 76 valence electrons. The summed E-state index contributed by atoms with van der Waals surface area (Å²) >= 11 is 0. The fourth-order valence-corrected chi connectivity index (χ4v) is 1.04. The highest BCUT2D eigenvalue weighted by Crippen LogP contribution is 2.18. The molecule has 0 spiro atoms. The van der Waals surface area contributed by atoms with E-state index in [2.05, 4.69) is 0 Å². The number of aryl methyl sites for hydroxylation is 1. The number of carbonyl (C=O) groups is 1. The first-order valence-corrected chi connectivity index (χ1v) is 4.14. The third-order valence-electron chi connectivity index (χ3n) is 1.80. The fourth-order valence-electron chi connectivity index (χ4n) is 1.04. The van der Waals surface area contributed by atoms with Crippen LogP contribution in [0.2, 0.25) is 0 Å². The molecule has 0 aliphatic carbocycles. The molecule has 0 bridgehead atoms. The minimum Gasteiger partial charge on any atom is -0.290 e. The van der Waals surface area contributed by atoms with Crippen LogP contribution in [0.3, 0.4) is 0 Å². The molecular weight excluding hydrogens is 193 g/mol. The Morgan fingerprint density at radius 3 is 2.21 bits per heavy atom. The highest BCUT2D eigenvalue weighted by molar-refractivity contribution is 5.84. The van der Waals surface area contributed by atoms with Gasteiger partial charge >= 0.3 is 6.18 Å². The summed E-state index contributed by atoms with van der Waals surface area (Å²) in [7, 11) is 0. The highest BCUT2D eigenvalue weighted by atomic mass is 19.4. The zero-order chi connectivity index (χ0) is 10.6. The van der Waals surface area contributed by atoms with Crippen molar-refractivity contribution in [2.24, 2.45) is 0 Å². The number of rotatable bonds is 3. The average molecular weight is 202 g/mol. The predicted molar refractivity (Wildman–Crippen MR) is 45.8 cm³/mol. The van der Waals surface area contributed by atoms with Gasteiger partial charge in [0.1, 0.15) is 0 Å². The molecule has 0 aliphatic rings. The molecule has 0 unspecified atom stereocenters. The van der Waals surface area contributed by atoms with Crippen LogP contribution in [0.15, 0.2) is 30.3 Å². The lowest BCUT2D eigenvalue weighted by molar-refractivity contribution is -0.171. The van der Waals surface area contributed by atoms with Gasteiger partial charge in [-0.3, -0.25) is 4.79 Å². The summed E-state index contributed by atoms with van der Waals surface area (Å²) < 4.78 is 35.4. The van der Waals surface area contributed by atoms with Crippen LogP contribution in [-0.2, 0) is 11.2 Å². The maximum absolute atomic E-state index is 11.8. The normalized spacial score (nSPS) is 11.4. The van der Waals surface area contributed by atoms with Crippen LogP contribution in [0, 0.1) is 0 Å². The number of hydrogen-bond donors (Lipinski definition) is 0. The van der Waals surface area contributed by atoms with Gasteiger partial charge in [-0.25, -0.2) is 0 Å². The van der Waals surface area contributed by atoms with E-state index in [0.717, 1.165) is 5.56 Å². The lowest BCUT2D eigenvalue weighted by Gasteiger charge is -2.04. The van der Waals surface area contributed by atoms with Gasteiger partial charge in [-0.05, 0) is 12.0 Å². The molecule has 14 heavy (non-hydrogen) atoms. The molecule has 0 fully saturated rings. The molecule has 1 rings (SSSR count). The molecule has 4 heteroatoms. The third-order valence-corrected chi connectivity index (χ3v) is 1.80. The second kappa shape index (κ2) is 4.26. The van der Waals surface area contributed by atoms with Crippen LogP contribution in [0.1, 0.15) is 12.0 Å². The quantitative estimate of drug-likeness (QED) is 0.736. The van der Waals surface area contributed by atoms with Crippen LogP contribution in [0.4, 0.5) is 13.2 Å². The molecule has 0 aromatic heterocycles. The zero-order valence-electron chi connectivity index (χ0n) is 7.34. The standard InChI is InChI=1S/C10H9F3O/c11-10(12,13)9(14)7-6-8-4-2-1-3-5-8/h1-5H,6-7H2. The number of hydrogen-bond acceptors (Lipinski definition) is 1. The van der Waals surface area contributed by atoms with Gasteiger partial charge in [0.25, 0.3) is 0 Å². The monoisotopic (exact) mass is 202 g/mol. The maximum atomic E-state index is 11.8. The van der Waals surface area contributed by atoms with E-state index in [9.17, 15) is 18.0 Å². The van der Waals surface area contributed by atoms with E-state index in [-0.39, 0.29) is 6.42 Å². The first kappa shape index (κ1) is 10.8. The van der Waals surface area contributed by atoms with E-state index in [1.54, 1.807) is 30.3 Å². The average Bonchev–Trinajstić information content (AvgIpc) is 2.14. The van der Waals surface area contributed by atoms with Crippen molar-refractivity contribution in [2.45, 2.75) is 19.0 Å². The maximum Gasteiger partial charge on any atom is 0.449 e. The first-order valence-electron chi connectivity index (χ1n) is 4.14. The fraction of sp³-hybridized carbons (Fsp3) is 0.300. The molecular formula is C10H9F3O. The van der Waals surface area contributed by atoms with Gasteiger partial charge < -0.3 is 0 Å². The first-order chi connectivity index (χ1) is 6.50. The molecule has 0 aliphatic heterocycles. The van der Waals surface area contributed by atoms with Crippen molar-refractivity contribution in [3.63, 3.8) is 0 Å². The van der Waals surface area contributed by atoms with Crippen LogP contribution < -0.4 is 0 Å². The Morgan fingerprint density at radius 1 is 1.14 bits per heavy atom. The van der Waals surface area contributed by atoms with E-state index >= 15 is 0 Å². The summed E-state index contributed by atoms with van der Waals surface area (Å²) in [5.41, 5.74) is 0.741. The van der Waals surface area contributed by atoms with Crippen molar-refractivity contribution in [3.05, 3.63) is 35.9 Å². The SMILES string of the molecule is O=C(CCc1ccccc1)C(F)(F)F. The van der Waals surface area contributed by atoms with Crippen molar-refractivity contribution in [3.8, 4) is 0 Å². The largest absolute Gasteiger partial charge is 0.449 e. The van der Waals surface area contributed by atoms with Crippen molar-refractivity contribution in [1.29, 1.82) is 0 Å². The molecule has 0 atom stereocenters. The van der Waals surface area contributed by atoms with Gasteiger partial charge in [0.05, 0.1) is 0 Å². The number of benzene rings is 1. The summed E-state index contributed by atoms with van der Waals surface area (Å²) in [4.78, 5) is 10.5. The van der Waals surface area contributed by atoms with Crippen LogP contribution >= 0.6 is 0 Å². The highest BCUT2D eigenvalue weighted by Gasteiger charge is 2.37. The Hall–Kier alpha value is -1.32. The Labute approximate surface area is 79.5 Å². The van der Waals surface area contributed by atoms with Gasteiger partial charge in [0.2, 0.25) is 5.78 Å². The van der Waals surface area contributed by atoms with Gasteiger partial charge in [-0.15, -0.1) is 0 Å². The Kier molecular flexibility index (Phi) is 3.28. The second-order valence-electron chi connectivity index (χ2n) is 2.91. The predicted octanol–water partition coefficient (Wildman–Crippen LogP) is 2.75. The summed E-state index contributed by atoms with van der Waals surface area (Å²) in [5, 5.41) is 0. The minimum atomic E-state index is -4.70. The van der Waals surface area contributed by atoms with E-state index in [4.69, 9.17) is 0 Å². The van der Waals surface area contributed by atoms with Gasteiger partial charge in [0, 0.05) is 6.42 Å². The van der Waals surface area contributed by atoms with Crippen molar-refractivity contribution in [2.75, 3.05) is 0 Å². The number of halogens is 3. The molecule has 0 saturated carbocycles. The van der Waals surface area contributed by atoms with Crippen molar-refractivity contribution < 1.29 is 18.0 Å². The van der Waals surface area contributed by atoms with E-state index < -0.39 is 18.4 Å². The zero-order valence-corrected chi connectivity index (χ0v) is 7.34. The van der Waals surface area contributed by atoms with Crippen molar-refractivity contribution >= 4 is 5.78 Å². The molecule has 1 aromatic carbocycles. The molecule has 0 heterocycles. The van der Waals surface area contributed by atoms with Crippen LogP contribution in [0.5, 0.6) is 0 Å². The molecule has 0 N–H and O–H groups in total. The topological polar surface area (TPSA) is 17.1 Å². The summed E-state index contributed by atoms with van der Waals surface area (Å²) in [6.07, 6.45) is -5.04. The lowest BCUT2D eigenvalue weighted by Crippen LogP contribution is -2.22. The summed E-state index contributed by atoms with van der Waals surface area (Å²) in [6.45, 7) is 0. The van der Waals surface area contributed by atoms with E-state index in [1.807, 2.05) is 0 Å². The second-order valence-corrected chi connectivity index (χ2v) is 2.91. The molecule has 1 aromatic rings. The third kappa shape index (κ3) is 3.20. The van der Waals surface area contributed by atoms with Gasteiger partial charge in [0.15, 0.2) is 0 Å². The van der Waals surface area contributed by atoms with E-state index in [1.165, 1.54) is 0 Å². The smallest absolute Gasteiger partial charge is 0.290 e. The number of ketones is 1. The number of Topliss-reactive ketones (excluding diaryl/α,β-unsaturated/α-hetero) is 1.